The lowest BCUT2D eigenvalue weighted by molar-refractivity contribution is -0.144. The third-order valence-electron chi connectivity index (χ3n) is 3.90. The Hall–Kier alpha value is -2.75. The quantitative estimate of drug-likeness (QED) is 0.728. The molecule has 27 heavy (non-hydrogen) atoms. The maximum Gasteiger partial charge on any atom is 0.453 e. The van der Waals surface area contributed by atoms with Gasteiger partial charge in [-0.2, -0.15) is 18.2 Å². The van der Waals surface area contributed by atoms with Crippen molar-refractivity contribution in [2.75, 3.05) is 5.32 Å². The van der Waals surface area contributed by atoms with Crippen molar-refractivity contribution >= 4 is 29.1 Å². The van der Waals surface area contributed by atoms with E-state index in [9.17, 15) is 18.0 Å². The summed E-state index contributed by atoms with van der Waals surface area (Å²) in [6.45, 7) is 3.27. The molecule has 0 fully saturated rings. The molecule has 0 spiro atoms. The number of amides is 1. The minimum atomic E-state index is -4.65. The van der Waals surface area contributed by atoms with E-state index in [-0.39, 0.29) is 24.5 Å². The SMILES string of the molecule is Cc1nc2nc(C(F)(F)F)nn2c(C)c1CCC(=O)Nc1ccc(Cl)cn1. The number of pyridine rings is 1. The number of fused-ring (bicyclic) bond motifs is 1. The number of alkyl halides is 3. The van der Waals surface area contributed by atoms with E-state index in [1.807, 2.05) is 0 Å². The summed E-state index contributed by atoms with van der Waals surface area (Å²) in [5.41, 5.74) is 1.59. The molecule has 1 amide bonds. The molecule has 0 atom stereocenters. The van der Waals surface area contributed by atoms with Gasteiger partial charge in [-0.1, -0.05) is 11.6 Å². The van der Waals surface area contributed by atoms with E-state index >= 15 is 0 Å². The van der Waals surface area contributed by atoms with Crippen LogP contribution in [-0.2, 0) is 17.4 Å². The number of aromatic nitrogens is 5. The van der Waals surface area contributed by atoms with E-state index in [1.165, 1.54) is 6.20 Å². The molecule has 0 unspecified atom stereocenters. The van der Waals surface area contributed by atoms with Gasteiger partial charge >= 0.3 is 6.18 Å². The number of anilines is 1. The molecule has 0 radical (unpaired) electrons. The normalized spacial score (nSPS) is 11.8. The van der Waals surface area contributed by atoms with Gasteiger partial charge in [0.25, 0.3) is 11.6 Å². The molecule has 1 N–H and O–H groups in total. The van der Waals surface area contributed by atoms with Crippen LogP contribution in [0, 0.1) is 13.8 Å². The van der Waals surface area contributed by atoms with Crippen molar-refractivity contribution in [1.82, 2.24) is 24.6 Å². The number of halogens is 4. The minimum absolute atomic E-state index is 0.0972. The average Bonchev–Trinajstić information content (AvgIpc) is 3.01. The topological polar surface area (TPSA) is 85.1 Å². The minimum Gasteiger partial charge on any atom is -0.311 e. The number of nitrogens with one attached hydrogen (secondary N) is 1. The second kappa shape index (κ2) is 7.10. The lowest BCUT2D eigenvalue weighted by Gasteiger charge is -2.10. The zero-order valence-corrected chi connectivity index (χ0v) is 15.1. The smallest absolute Gasteiger partial charge is 0.311 e. The van der Waals surface area contributed by atoms with Gasteiger partial charge in [-0.25, -0.2) is 14.5 Å². The van der Waals surface area contributed by atoms with Crippen molar-refractivity contribution < 1.29 is 18.0 Å². The molecule has 0 aliphatic rings. The van der Waals surface area contributed by atoms with Crippen LogP contribution in [0.25, 0.3) is 5.78 Å². The Labute approximate surface area is 156 Å². The third kappa shape index (κ3) is 4.16. The summed E-state index contributed by atoms with van der Waals surface area (Å²) in [5.74, 6) is -1.31. The van der Waals surface area contributed by atoms with Crippen LogP contribution in [0.15, 0.2) is 18.3 Å². The fourth-order valence-electron chi connectivity index (χ4n) is 2.58. The van der Waals surface area contributed by atoms with Gasteiger partial charge in [0.05, 0.1) is 5.02 Å². The number of rotatable bonds is 4. The molecule has 3 heterocycles. The summed E-state index contributed by atoms with van der Waals surface area (Å²) in [5, 5.41) is 6.56. The van der Waals surface area contributed by atoms with Gasteiger partial charge in [0, 0.05) is 24.0 Å². The van der Waals surface area contributed by atoms with E-state index in [1.54, 1.807) is 26.0 Å². The Bertz CT molecular complexity index is 1000. The Morgan fingerprint density at radius 1 is 1.26 bits per heavy atom. The highest BCUT2D eigenvalue weighted by Crippen LogP contribution is 2.27. The number of carbonyl (C=O) groups is 1. The van der Waals surface area contributed by atoms with Crippen LogP contribution in [-0.4, -0.2) is 30.5 Å². The second-order valence-electron chi connectivity index (χ2n) is 5.82. The second-order valence-corrected chi connectivity index (χ2v) is 6.25. The van der Waals surface area contributed by atoms with Gasteiger partial charge in [0.15, 0.2) is 0 Å². The lowest BCUT2D eigenvalue weighted by atomic mass is 10.1. The van der Waals surface area contributed by atoms with E-state index in [0.29, 0.717) is 27.8 Å². The molecule has 0 aromatic carbocycles. The first-order valence-corrected chi connectivity index (χ1v) is 8.24. The molecule has 11 heteroatoms. The van der Waals surface area contributed by atoms with E-state index in [0.717, 1.165) is 4.52 Å². The van der Waals surface area contributed by atoms with Crippen molar-refractivity contribution in [3.05, 3.63) is 46.1 Å². The van der Waals surface area contributed by atoms with Crippen LogP contribution in [0.3, 0.4) is 0 Å². The highest BCUT2D eigenvalue weighted by atomic mass is 35.5. The van der Waals surface area contributed by atoms with Crippen LogP contribution in [0.5, 0.6) is 0 Å². The molecule has 0 aliphatic heterocycles. The Kier molecular flexibility index (Phi) is 5.01. The molecule has 0 aliphatic carbocycles. The predicted octanol–water partition coefficient (Wildman–Crippen LogP) is 3.38. The summed E-state index contributed by atoms with van der Waals surface area (Å²) >= 11 is 5.74. The largest absolute Gasteiger partial charge is 0.453 e. The molecular formula is C16H14ClF3N6O. The molecule has 7 nitrogen and oxygen atoms in total. The molecule has 3 aromatic rings. The van der Waals surface area contributed by atoms with Crippen LogP contribution in [0.1, 0.15) is 29.2 Å². The van der Waals surface area contributed by atoms with Gasteiger partial charge < -0.3 is 5.32 Å². The molecule has 0 saturated heterocycles. The Morgan fingerprint density at radius 3 is 2.63 bits per heavy atom. The number of hydrogen-bond acceptors (Lipinski definition) is 5. The lowest BCUT2D eigenvalue weighted by Crippen LogP contribution is -2.15. The first kappa shape index (κ1) is 19.0. The maximum atomic E-state index is 12.8. The highest BCUT2D eigenvalue weighted by Gasteiger charge is 2.36. The number of carbonyl (C=O) groups excluding carboxylic acids is 1. The summed E-state index contributed by atoms with van der Waals surface area (Å²) in [4.78, 5) is 23.6. The highest BCUT2D eigenvalue weighted by molar-refractivity contribution is 6.30. The first-order chi connectivity index (χ1) is 12.6. The van der Waals surface area contributed by atoms with E-state index < -0.39 is 12.0 Å². The third-order valence-corrected chi connectivity index (χ3v) is 4.12. The van der Waals surface area contributed by atoms with Crippen molar-refractivity contribution in [2.45, 2.75) is 32.9 Å². The van der Waals surface area contributed by atoms with Gasteiger partial charge in [-0.05, 0) is 38.0 Å². The van der Waals surface area contributed by atoms with Crippen molar-refractivity contribution in [2.24, 2.45) is 0 Å². The van der Waals surface area contributed by atoms with Gasteiger partial charge in [0.2, 0.25) is 5.91 Å². The zero-order valence-electron chi connectivity index (χ0n) is 14.3. The van der Waals surface area contributed by atoms with Gasteiger partial charge in [0.1, 0.15) is 5.82 Å². The monoisotopic (exact) mass is 398 g/mol. The fourth-order valence-corrected chi connectivity index (χ4v) is 2.70. The summed E-state index contributed by atoms with van der Waals surface area (Å²) in [6, 6.07) is 3.16. The standard InChI is InChI=1S/C16H14ClF3N6O/c1-8-11(4-6-13(27)23-12-5-3-10(17)7-21-12)9(2)26-15(22-8)24-14(25-26)16(18,19)20/h3,5,7H,4,6H2,1-2H3,(H,21,23,27). The summed E-state index contributed by atoms with van der Waals surface area (Å²) in [7, 11) is 0. The average molecular weight is 399 g/mol. The van der Waals surface area contributed by atoms with Crippen LogP contribution in [0.4, 0.5) is 19.0 Å². The molecule has 3 aromatic heterocycles. The summed E-state index contributed by atoms with van der Waals surface area (Å²) in [6.07, 6.45) is -2.87. The van der Waals surface area contributed by atoms with Crippen molar-refractivity contribution in [3.63, 3.8) is 0 Å². The molecular weight excluding hydrogens is 385 g/mol. The molecule has 142 valence electrons. The number of hydrogen-bond donors (Lipinski definition) is 1. The van der Waals surface area contributed by atoms with E-state index in [4.69, 9.17) is 11.6 Å². The fraction of sp³-hybridized carbons (Fsp3) is 0.312. The van der Waals surface area contributed by atoms with Crippen molar-refractivity contribution in [1.29, 1.82) is 0 Å². The van der Waals surface area contributed by atoms with Gasteiger partial charge in [-0.15, -0.1) is 5.10 Å². The molecule has 0 saturated carbocycles. The molecule has 3 rings (SSSR count). The molecule has 0 bridgehead atoms. The van der Waals surface area contributed by atoms with Gasteiger partial charge in [-0.3, -0.25) is 4.79 Å². The number of nitrogens with zero attached hydrogens (tertiary/aromatic N) is 5. The first-order valence-electron chi connectivity index (χ1n) is 7.86. The maximum absolute atomic E-state index is 12.8. The summed E-state index contributed by atoms with van der Waals surface area (Å²) < 4.78 is 39.5. The van der Waals surface area contributed by atoms with Crippen LogP contribution >= 0.6 is 11.6 Å². The van der Waals surface area contributed by atoms with E-state index in [2.05, 4.69) is 25.4 Å². The Balaban J connectivity index is 1.78. The zero-order chi connectivity index (χ0) is 19.8. The van der Waals surface area contributed by atoms with Crippen LogP contribution < -0.4 is 5.32 Å². The number of aryl methyl sites for hydroxylation is 2. The Morgan fingerprint density at radius 2 is 2.00 bits per heavy atom. The predicted molar refractivity (Wildman–Crippen MR) is 91.5 cm³/mol. The van der Waals surface area contributed by atoms with Crippen molar-refractivity contribution in [3.8, 4) is 0 Å². The van der Waals surface area contributed by atoms with Crippen LogP contribution in [0.2, 0.25) is 5.02 Å².